The summed E-state index contributed by atoms with van der Waals surface area (Å²) in [4.78, 5) is 14.0. The van der Waals surface area contributed by atoms with Gasteiger partial charge in [0.2, 0.25) is 0 Å². The van der Waals surface area contributed by atoms with Crippen molar-refractivity contribution < 1.29 is 9.76 Å². The van der Waals surface area contributed by atoms with Crippen molar-refractivity contribution >= 4 is 0 Å². The predicted molar refractivity (Wildman–Crippen MR) is 24.5 cm³/mol. The van der Waals surface area contributed by atoms with E-state index in [0.717, 1.165) is 0 Å². The Kier molecular flexibility index (Phi) is 1.40. The van der Waals surface area contributed by atoms with Gasteiger partial charge in [0.05, 0.1) is 13.0 Å². The maximum atomic E-state index is 9.86. The molecule has 1 aliphatic heterocycles. The van der Waals surface area contributed by atoms with Gasteiger partial charge in [-0.3, -0.25) is 15.0 Å². The Morgan fingerprint density at radius 1 is 1.88 bits per heavy atom. The Morgan fingerprint density at radius 3 is 2.88 bits per heavy atom. The van der Waals surface area contributed by atoms with E-state index < -0.39 is 11.1 Å². The second-order valence-corrected chi connectivity index (χ2v) is 1.56. The molecule has 0 aliphatic carbocycles. The van der Waals surface area contributed by atoms with Crippen molar-refractivity contribution in [3.63, 3.8) is 0 Å². The van der Waals surface area contributed by atoms with Crippen molar-refractivity contribution in [3.8, 4) is 0 Å². The van der Waals surface area contributed by atoms with Crippen LogP contribution in [-0.2, 0) is 4.84 Å². The monoisotopic (exact) mass is 118 g/mol. The highest BCUT2D eigenvalue weighted by Crippen LogP contribution is 1.99. The van der Waals surface area contributed by atoms with Crippen LogP contribution in [0.25, 0.3) is 0 Å². The lowest BCUT2D eigenvalue weighted by Crippen LogP contribution is -2.28. The van der Waals surface area contributed by atoms with E-state index in [1.54, 1.807) is 0 Å². The van der Waals surface area contributed by atoms with Gasteiger partial charge in [0.15, 0.2) is 0 Å². The van der Waals surface area contributed by atoms with E-state index in [-0.39, 0.29) is 0 Å². The van der Waals surface area contributed by atoms with E-state index in [9.17, 15) is 10.1 Å². The molecule has 1 unspecified atom stereocenters. The number of rotatable bonds is 1. The molecule has 1 aliphatic rings. The highest BCUT2D eigenvalue weighted by atomic mass is 16.7. The van der Waals surface area contributed by atoms with E-state index in [1.807, 2.05) is 0 Å². The number of nitro groups is 1. The molecule has 0 saturated carbocycles. The summed E-state index contributed by atoms with van der Waals surface area (Å²) in [6.45, 7) is 0.436. The van der Waals surface area contributed by atoms with E-state index >= 15 is 0 Å². The Hall–Kier alpha value is -0.680. The Balaban J connectivity index is 2.35. The summed E-state index contributed by atoms with van der Waals surface area (Å²) in [7, 11) is 0. The first kappa shape index (κ1) is 5.46. The average Bonchev–Trinajstić information content (AvgIpc) is 2.12. The lowest BCUT2D eigenvalue weighted by Gasteiger charge is -1.95. The van der Waals surface area contributed by atoms with Crippen LogP contribution in [0.5, 0.6) is 0 Å². The molecule has 1 rings (SSSR count). The molecular weight excluding hydrogens is 112 g/mol. The number of hydrogen-bond donors (Lipinski definition) is 1. The van der Waals surface area contributed by atoms with Crippen LogP contribution in [0.3, 0.4) is 0 Å². The van der Waals surface area contributed by atoms with Crippen molar-refractivity contribution in [2.45, 2.75) is 12.6 Å². The lowest BCUT2D eigenvalue weighted by atomic mass is 10.4. The molecule has 5 heteroatoms. The number of nitrogens with zero attached hydrogens (tertiary/aromatic N) is 1. The molecule has 8 heavy (non-hydrogen) atoms. The topological polar surface area (TPSA) is 64.4 Å². The van der Waals surface area contributed by atoms with Gasteiger partial charge in [-0.15, -0.1) is 5.48 Å². The highest BCUT2D eigenvalue weighted by Gasteiger charge is 2.24. The molecule has 1 atom stereocenters. The van der Waals surface area contributed by atoms with Crippen LogP contribution >= 0.6 is 0 Å². The first-order valence-corrected chi connectivity index (χ1v) is 2.31. The smallest absolute Gasteiger partial charge is 0.289 e. The van der Waals surface area contributed by atoms with E-state index in [1.165, 1.54) is 0 Å². The van der Waals surface area contributed by atoms with Crippen molar-refractivity contribution in [1.82, 2.24) is 5.48 Å². The third kappa shape index (κ3) is 0.932. The van der Waals surface area contributed by atoms with Crippen LogP contribution < -0.4 is 5.48 Å². The fraction of sp³-hybridized carbons (Fsp3) is 1.00. The zero-order valence-corrected chi connectivity index (χ0v) is 4.16. The molecule has 1 heterocycles. The summed E-state index contributed by atoms with van der Waals surface area (Å²) in [6, 6.07) is 0. The molecule has 1 saturated heterocycles. The molecule has 0 amide bonds. The minimum Gasteiger partial charge on any atom is -0.296 e. The summed E-state index contributed by atoms with van der Waals surface area (Å²) >= 11 is 0. The molecule has 0 aromatic rings. The fourth-order valence-corrected chi connectivity index (χ4v) is 0.533. The summed E-state index contributed by atoms with van der Waals surface area (Å²) in [5.41, 5.74) is 2.26. The molecule has 0 spiro atoms. The third-order valence-electron chi connectivity index (χ3n) is 0.967. The molecule has 0 aromatic carbocycles. The number of hydrogen-bond acceptors (Lipinski definition) is 4. The Labute approximate surface area is 45.7 Å². The van der Waals surface area contributed by atoms with Gasteiger partial charge in [0.25, 0.3) is 6.17 Å². The Bertz CT molecular complexity index is 98.7. The van der Waals surface area contributed by atoms with Gasteiger partial charge < -0.3 is 0 Å². The second kappa shape index (κ2) is 2.06. The third-order valence-corrected chi connectivity index (χ3v) is 0.967. The summed E-state index contributed by atoms with van der Waals surface area (Å²) in [5, 5.41) is 9.86. The van der Waals surface area contributed by atoms with Crippen LogP contribution in [0.2, 0.25) is 0 Å². The maximum absolute atomic E-state index is 9.86. The van der Waals surface area contributed by atoms with Crippen LogP contribution in [0.1, 0.15) is 6.42 Å². The van der Waals surface area contributed by atoms with Gasteiger partial charge in [-0.2, -0.15) is 0 Å². The average molecular weight is 118 g/mol. The zero-order valence-electron chi connectivity index (χ0n) is 4.16. The standard InChI is InChI=1S/C3H6N2O3/c6-5(7)3-1-2-8-4-3/h3-4H,1-2H2. The van der Waals surface area contributed by atoms with Crippen molar-refractivity contribution in [3.05, 3.63) is 10.1 Å². The van der Waals surface area contributed by atoms with Gasteiger partial charge in [0.1, 0.15) is 0 Å². The van der Waals surface area contributed by atoms with Gasteiger partial charge in [-0.25, -0.2) is 0 Å². The van der Waals surface area contributed by atoms with Gasteiger partial charge in [0, 0.05) is 4.92 Å². The van der Waals surface area contributed by atoms with Crippen LogP contribution in [-0.4, -0.2) is 17.7 Å². The van der Waals surface area contributed by atoms with Gasteiger partial charge in [-0.05, 0) is 0 Å². The van der Waals surface area contributed by atoms with Crippen molar-refractivity contribution in [2.24, 2.45) is 0 Å². The normalized spacial score (nSPS) is 28.2. The number of nitrogens with one attached hydrogen (secondary N) is 1. The van der Waals surface area contributed by atoms with Crippen molar-refractivity contribution in [1.29, 1.82) is 0 Å². The van der Waals surface area contributed by atoms with Crippen LogP contribution in [0.15, 0.2) is 0 Å². The molecular formula is C3H6N2O3. The molecule has 1 N–H and O–H groups in total. The molecule has 46 valence electrons. The molecule has 0 radical (unpaired) electrons. The summed E-state index contributed by atoms with van der Waals surface area (Å²) in [6.07, 6.45) is -0.220. The van der Waals surface area contributed by atoms with E-state index in [2.05, 4.69) is 10.3 Å². The van der Waals surface area contributed by atoms with Gasteiger partial charge >= 0.3 is 0 Å². The van der Waals surface area contributed by atoms with Gasteiger partial charge in [-0.1, -0.05) is 0 Å². The van der Waals surface area contributed by atoms with Crippen molar-refractivity contribution in [2.75, 3.05) is 6.61 Å². The van der Waals surface area contributed by atoms with Crippen LogP contribution in [0, 0.1) is 10.1 Å². The summed E-state index contributed by atoms with van der Waals surface area (Å²) < 4.78 is 0. The minimum atomic E-state index is -0.685. The summed E-state index contributed by atoms with van der Waals surface area (Å²) in [5.74, 6) is 0. The second-order valence-electron chi connectivity index (χ2n) is 1.56. The molecule has 1 fully saturated rings. The fourth-order valence-electron chi connectivity index (χ4n) is 0.533. The molecule has 5 nitrogen and oxygen atoms in total. The molecule has 0 bridgehead atoms. The Morgan fingerprint density at radius 2 is 2.62 bits per heavy atom. The predicted octanol–water partition coefficient (Wildman–Crippen LogP) is -0.486. The lowest BCUT2D eigenvalue weighted by molar-refractivity contribution is -0.531. The zero-order chi connectivity index (χ0) is 5.98. The first-order valence-electron chi connectivity index (χ1n) is 2.31. The maximum Gasteiger partial charge on any atom is 0.289 e. The van der Waals surface area contributed by atoms with E-state index in [4.69, 9.17) is 0 Å². The largest absolute Gasteiger partial charge is 0.296 e. The highest BCUT2D eigenvalue weighted by molar-refractivity contribution is 4.51. The first-order chi connectivity index (χ1) is 3.80. The SMILES string of the molecule is O=[N+]([O-])C1CCON1. The van der Waals surface area contributed by atoms with E-state index in [0.29, 0.717) is 13.0 Å². The minimum absolute atomic E-state index is 0.396. The number of hydroxylamine groups is 1. The quantitative estimate of drug-likeness (QED) is 0.373. The van der Waals surface area contributed by atoms with Crippen LogP contribution in [0.4, 0.5) is 0 Å². The molecule has 0 aromatic heterocycles.